The van der Waals surface area contributed by atoms with Crippen LogP contribution in [-0.2, 0) is 4.79 Å². The Hall–Kier alpha value is -2.12. The van der Waals surface area contributed by atoms with E-state index in [2.05, 4.69) is 10.4 Å². The van der Waals surface area contributed by atoms with Crippen LogP contribution in [0.1, 0.15) is 51.5 Å². The van der Waals surface area contributed by atoms with Gasteiger partial charge in [-0.15, -0.1) is 5.10 Å². The van der Waals surface area contributed by atoms with E-state index < -0.39 is 11.0 Å². The summed E-state index contributed by atoms with van der Waals surface area (Å²) in [5.74, 6) is -0.258. The summed E-state index contributed by atoms with van der Waals surface area (Å²) in [6.45, 7) is 1.67. The average Bonchev–Trinajstić information content (AvgIpc) is 2.78. The van der Waals surface area contributed by atoms with Gasteiger partial charge in [0.15, 0.2) is 0 Å². The molecule has 1 aliphatic carbocycles. The van der Waals surface area contributed by atoms with Crippen molar-refractivity contribution in [3.8, 4) is 5.88 Å². The number of hydrogen-bond acceptors (Lipinski definition) is 5. The van der Waals surface area contributed by atoms with Crippen molar-refractivity contribution in [3.05, 3.63) is 16.3 Å². The number of amides is 1. The summed E-state index contributed by atoms with van der Waals surface area (Å²) in [5.41, 5.74) is -0.239. The normalized spacial score (nSPS) is 17.5. The molecule has 1 heterocycles. The minimum absolute atomic E-state index is 0.0842. The van der Waals surface area contributed by atoms with Crippen molar-refractivity contribution < 1.29 is 14.5 Å². The van der Waals surface area contributed by atoms with Crippen LogP contribution in [0.3, 0.4) is 0 Å². The molecule has 8 nitrogen and oxygen atoms in total. The molecule has 1 amide bonds. The molecule has 1 unspecified atom stereocenters. The molecule has 8 heteroatoms. The molecule has 1 atom stereocenters. The van der Waals surface area contributed by atoms with Gasteiger partial charge in [-0.3, -0.25) is 14.9 Å². The Morgan fingerprint density at radius 3 is 2.59 bits per heavy atom. The van der Waals surface area contributed by atoms with Crippen molar-refractivity contribution in [1.29, 1.82) is 0 Å². The Bertz CT molecular complexity index is 535. The summed E-state index contributed by atoms with van der Waals surface area (Å²) in [6, 6.07) is -0.434. The lowest BCUT2D eigenvalue weighted by Gasteiger charge is -2.19. The SMILES string of the molecule is COc1nn(C(C)C(=O)NC2CCCCCC2)cc1[N+](=O)[O-]. The van der Waals surface area contributed by atoms with Crippen LogP contribution in [0, 0.1) is 10.1 Å². The lowest BCUT2D eigenvalue weighted by atomic mass is 10.1. The first-order valence-corrected chi connectivity index (χ1v) is 7.61. The fourth-order valence-electron chi connectivity index (χ4n) is 2.70. The molecule has 0 aromatic carbocycles. The number of rotatable bonds is 5. The average molecular weight is 310 g/mol. The van der Waals surface area contributed by atoms with E-state index in [0.29, 0.717) is 0 Å². The van der Waals surface area contributed by atoms with Crippen LogP contribution in [0.4, 0.5) is 5.69 Å². The van der Waals surface area contributed by atoms with Gasteiger partial charge in [0.25, 0.3) is 0 Å². The van der Waals surface area contributed by atoms with E-state index in [1.807, 2.05) is 0 Å². The fourth-order valence-corrected chi connectivity index (χ4v) is 2.70. The molecule has 22 heavy (non-hydrogen) atoms. The number of nitrogens with zero attached hydrogens (tertiary/aromatic N) is 3. The molecule has 122 valence electrons. The predicted molar refractivity (Wildman–Crippen MR) is 79.8 cm³/mol. The van der Waals surface area contributed by atoms with E-state index in [1.165, 1.54) is 30.8 Å². The summed E-state index contributed by atoms with van der Waals surface area (Å²) >= 11 is 0. The van der Waals surface area contributed by atoms with Gasteiger partial charge in [-0.1, -0.05) is 25.7 Å². The summed E-state index contributed by atoms with van der Waals surface area (Å²) in [7, 11) is 1.32. The third-order valence-electron chi connectivity index (χ3n) is 4.05. The number of ether oxygens (including phenoxy) is 1. The summed E-state index contributed by atoms with van der Waals surface area (Å²) < 4.78 is 6.16. The van der Waals surface area contributed by atoms with Crippen LogP contribution in [0.25, 0.3) is 0 Å². The zero-order valence-corrected chi connectivity index (χ0v) is 12.9. The second-order valence-electron chi connectivity index (χ2n) is 5.63. The van der Waals surface area contributed by atoms with E-state index in [9.17, 15) is 14.9 Å². The largest absolute Gasteiger partial charge is 0.475 e. The minimum atomic E-state index is -0.620. The van der Waals surface area contributed by atoms with Crippen molar-refractivity contribution in [2.75, 3.05) is 7.11 Å². The summed E-state index contributed by atoms with van der Waals surface area (Å²) in [4.78, 5) is 22.7. The van der Waals surface area contributed by atoms with Crippen molar-refractivity contribution in [3.63, 3.8) is 0 Å². The molecule has 0 saturated heterocycles. The topological polar surface area (TPSA) is 99.3 Å². The first kappa shape index (κ1) is 16.3. The Morgan fingerprint density at radius 2 is 2.09 bits per heavy atom. The van der Waals surface area contributed by atoms with Gasteiger partial charge in [0, 0.05) is 6.04 Å². The third kappa shape index (κ3) is 3.75. The molecule has 1 aliphatic rings. The van der Waals surface area contributed by atoms with Crippen LogP contribution >= 0.6 is 0 Å². The zero-order valence-electron chi connectivity index (χ0n) is 12.9. The van der Waals surface area contributed by atoms with Crippen LogP contribution < -0.4 is 10.1 Å². The molecule has 1 aromatic rings. The Labute approximate surface area is 129 Å². The van der Waals surface area contributed by atoms with Crippen LogP contribution in [0.5, 0.6) is 5.88 Å². The number of carbonyl (C=O) groups excluding carboxylic acids is 1. The Kier molecular flexibility index (Phi) is 5.35. The maximum atomic E-state index is 12.3. The minimum Gasteiger partial charge on any atom is -0.475 e. The molecule has 1 saturated carbocycles. The lowest BCUT2D eigenvalue weighted by Crippen LogP contribution is -2.38. The van der Waals surface area contributed by atoms with E-state index in [-0.39, 0.29) is 23.5 Å². The summed E-state index contributed by atoms with van der Waals surface area (Å²) in [5, 5.41) is 17.9. The van der Waals surface area contributed by atoms with Gasteiger partial charge in [0.05, 0.1) is 12.0 Å². The molecular formula is C14H22N4O4. The maximum Gasteiger partial charge on any atom is 0.350 e. The Balaban J connectivity index is 2.05. The molecule has 0 bridgehead atoms. The molecule has 0 spiro atoms. The van der Waals surface area contributed by atoms with E-state index >= 15 is 0 Å². The second kappa shape index (κ2) is 7.24. The van der Waals surface area contributed by atoms with Gasteiger partial charge in [-0.25, -0.2) is 4.68 Å². The van der Waals surface area contributed by atoms with Crippen LogP contribution in [0.2, 0.25) is 0 Å². The fraction of sp³-hybridized carbons (Fsp3) is 0.714. The van der Waals surface area contributed by atoms with Gasteiger partial charge < -0.3 is 10.1 Å². The highest BCUT2D eigenvalue weighted by Crippen LogP contribution is 2.26. The van der Waals surface area contributed by atoms with Crippen molar-refractivity contribution in [2.24, 2.45) is 0 Å². The van der Waals surface area contributed by atoms with Gasteiger partial charge in [-0.2, -0.15) is 0 Å². The molecular weight excluding hydrogens is 288 g/mol. The highest BCUT2D eigenvalue weighted by Gasteiger charge is 2.26. The number of nitro groups is 1. The molecule has 2 rings (SSSR count). The van der Waals surface area contributed by atoms with Crippen LogP contribution in [-0.4, -0.2) is 33.8 Å². The highest BCUT2D eigenvalue weighted by atomic mass is 16.6. The van der Waals surface area contributed by atoms with E-state index in [1.54, 1.807) is 6.92 Å². The number of carbonyl (C=O) groups is 1. The third-order valence-corrected chi connectivity index (χ3v) is 4.05. The second-order valence-corrected chi connectivity index (χ2v) is 5.63. The first-order valence-electron chi connectivity index (χ1n) is 7.61. The van der Waals surface area contributed by atoms with Crippen molar-refractivity contribution in [1.82, 2.24) is 15.1 Å². The molecule has 0 aliphatic heterocycles. The molecule has 1 N–H and O–H groups in total. The zero-order chi connectivity index (χ0) is 16.1. The highest BCUT2D eigenvalue weighted by molar-refractivity contribution is 5.80. The van der Waals surface area contributed by atoms with Gasteiger partial charge in [-0.05, 0) is 19.8 Å². The standard InChI is InChI=1S/C14H22N4O4/c1-10(13(19)15-11-7-5-3-4-6-8-11)17-9-12(18(20)21)14(16-17)22-2/h9-11H,3-8H2,1-2H3,(H,15,19). The van der Waals surface area contributed by atoms with Crippen LogP contribution in [0.15, 0.2) is 6.20 Å². The van der Waals surface area contributed by atoms with Crippen molar-refractivity contribution >= 4 is 11.6 Å². The smallest absolute Gasteiger partial charge is 0.350 e. The molecule has 0 radical (unpaired) electrons. The number of hydrogen-bond donors (Lipinski definition) is 1. The van der Waals surface area contributed by atoms with Gasteiger partial charge in [0.2, 0.25) is 5.91 Å². The number of nitrogens with one attached hydrogen (secondary N) is 1. The van der Waals surface area contributed by atoms with E-state index in [4.69, 9.17) is 4.74 Å². The predicted octanol–water partition coefficient (Wildman–Crippen LogP) is 2.20. The number of methoxy groups -OCH3 is 1. The quantitative estimate of drug-likeness (QED) is 0.510. The number of aromatic nitrogens is 2. The monoisotopic (exact) mass is 310 g/mol. The van der Waals surface area contributed by atoms with Gasteiger partial charge in [0.1, 0.15) is 12.2 Å². The summed E-state index contributed by atoms with van der Waals surface area (Å²) in [6.07, 6.45) is 7.88. The molecule has 1 fully saturated rings. The Morgan fingerprint density at radius 1 is 1.45 bits per heavy atom. The van der Waals surface area contributed by atoms with Gasteiger partial charge >= 0.3 is 11.6 Å². The lowest BCUT2D eigenvalue weighted by molar-refractivity contribution is -0.385. The van der Waals surface area contributed by atoms with Crippen molar-refractivity contribution in [2.45, 2.75) is 57.5 Å². The first-order chi connectivity index (χ1) is 10.5. The van der Waals surface area contributed by atoms with E-state index in [0.717, 1.165) is 25.7 Å². The molecule has 1 aromatic heterocycles. The maximum absolute atomic E-state index is 12.3.